The van der Waals surface area contributed by atoms with Gasteiger partial charge < -0.3 is 9.63 Å². The SMILES string of the molecule is CCN(Cc1cnoc1)C(C)CC(=O)O. The zero-order valence-corrected chi connectivity index (χ0v) is 9.01. The molecule has 0 spiro atoms. The minimum absolute atomic E-state index is 0.0161. The molecule has 5 heteroatoms. The van der Waals surface area contributed by atoms with E-state index in [1.807, 2.05) is 13.8 Å². The predicted molar refractivity (Wildman–Crippen MR) is 54.3 cm³/mol. The lowest BCUT2D eigenvalue weighted by Gasteiger charge is -2.25. The van der Waals surface area contributed by atoms with Gasteiger partial charge in [-0.1, -0.05) is 12.1 Å². The molecule has 1 atom stereocenters. The fourth-order valence-corrected chi connectivity index (χ4v) is 1.50. The molecule has 0 bridgehead atoms. The van der Waals surface area contributed by atoms with Crippen LogP contribution in [-0.4, -0.2) is 33.7 Å². The van der Waals surface area contributed by atoms with Crippen molar-refractivity contribution in [3.8, 4) is 0 Å². The van der Waals surface area contributed by atoms with Gasteiger partial charge in [-0.2, -0.15) is 0 Å². The van der Waals surface area contributed by atoms with E-state index in [2.05, 4.69) is 10.1 Å². The number of carbonyl (C=O) groups is 1. The summed E-state index contributed by atoms with van der Waals surface area (Å²) < 4.78 is 4.73. The molecule has 1 N–H and O–H groups in total. The van der Waals surface area contributed by atoms with Crippen molar-refractivity contribution in [2.75, 3.05) is 6.54 Å². The molecule has 0 saturated carbocycles. The van der Waals surface area contributed by atoms with Crippen molar-refractivity contribution in [1.29, 1.82) is 0 Å². The van der Waals surface area contributed by atoms with Gasteiger partial charge >= 0.3 is 5.97 Å². The Kier molecular flexibility index (Phi) is 4.30. The van der Waals surface area contributed by atoms with E-state index >= 15 is 0 Å². The standard InChI is InChI=1S/C10H16N2O3/c1-3-12(8(2)4-10(13)14)6-9-5-11-15-7-9/h5,7-8H,3-4,6H2,1-2H3,(H,13,14). The normalized spacial score (nSPS) is 13.0. The van der Waals surface area contributed by atoms with Gasteiger partial charge in [0.2, 0.25) is 0 Å². The molecule has 0 saturated heterocycles. The molecule has 1 aromatic heterocycles. The van der Waals surface area contributed by atoms with Crippen LogP contribution in [0.5, 0.6) is 0 Å². The molecule has 0 radical (unpaired) electrons. The summed E-state index contributed by atoms with van der Waals surface area (Å²) in [6.07, 6.45) is 3.38. The summed E-state index contributed by atoms with van der Waals surface area (Å²) in [5, 5.41) is 12.3. The summed E-state index contributed by atoms with van der Waals surface area (Å²) in [7, 11) is 0. The molecule has 0 aliphatic rings. The molecular weight excluding hydrogens is 196 g/mol. The number of nitrogens with zero attached hydrogens (tertiary/aromatic N) is 2. The molecule has 1 unspecified atom stereocenters. The second-order valence-electron chi connectivity index (χ2n) is 3.54. The molecule has 0 aliphatic heterocycles. The highest BCUT2D eigenvalue weighted by Crippen LogP contribution is 2.09. The van der Waals surface area contributed by atoms with E-state index in [1.54, 1.807) is 12.5 Å². The number of aliphatic carboxylic acids is 1. The van der Waals surface area contributed by atoms with E-state index < -0.39 is 5.97 Å². The topological polar surface area (TPSA) is 66.6 Å². The Bertz CT molecular complexity index is 298. The highest BCUT2D eigenvalue weighted by Gasteiger charge is 2.16. The molecule has 1 aromatic rings. The van der Waals surface area contributed by atoms with Gasteiger partial charge in [-0.05, 0) is 13.5 Å². The molecule has 0 aromatic carbocycles. The summed E-state index contributed by atoms with van der Waals surface area (Å²) >= 11 is 0. The van der Waals surface area contributed by atoms with Crippen LogP contribution in [0.2, 0.25) is 0 Å². The van der Waals surface area contributed by atoms with Crippen LogP contribution >= 0.6 is 0 Å². The van der Waals surface area contributed by atoms with E-state index in [0.717, 1.165) is 12.1 Å². The number of aromatic nitrogens is 1. The lowest BCUT2D eigenvalue weighted by atomic mass is 10.2. The fraction of sp³-hybridized carbons (Fsp3) is 0.600. The molecule has 15 heavy (non-hydrogen) atoms. The summed E-state index contributed by atoms with van der Waals surface area (Å²) in [6, 6.07) is 0.0161. The molecule has 1 heterocycles. The predicted octanol–water partition coefficient (Wildman–Crippen LogP) is 1.36. The van der Waals surface area contributed by atoms with Crippen molar-refractivity contribution in [3.05, 3.63) is 18.0 Å². The smallest absolute Gasteiger partial charge is 0.304 e. The van der Waals surface area contributed by atoms with E-state index in [9.17, 15) is 4.79 Å². The lowest BCUT2D eigenvalue weighted by molar-refractivity contribution is -0.138. The number of hydrogen-bond acceptors (Lipinski definition) is 4. The molecule has 0 fully saturated rings. The van der Waals surface area contributed by atoms with E-state index in [1.165, 1.54) is 0 Å². The Hall–Kier alpha value is -1.36. The van der Waals surface area contributed by atoms with Crippen molar-refractivity contribution in [2.45, 2.75) is 32.9 Å². The summed E-state index contributed by atoms with van der Waals surface area (Å²) in [5.74, 6) is -0.772. The van der Waals surface area contributed by atoms with Gasteiger partial charge in [0.05, 0.1) is 12.6 Å². The first-order chi connectivity index (χ1) is 7.13. The van der Waals surface area contributed by atoms with Crippen molar-refractivity contribution in [3.63, 3.8) is 0 Å². The highest BCUT2D eigenvalue weighted by atomic mass is 16.5. The van der Waals surface area contributed by atoms with Crippen LogP contribution in [0.4, 0.5) is 0 Å². The first-order valence-corrected chi connectivity index (χ1v) is 4.97. The van der Waals surface area contributed by atoms with Crippen molar-refractivity contribution in [1.82, 2.24) is 10.1 Å². The maximum atomic E-state index is 10.6. The van der Waals surface area contributed by atoms with Gasteiger partial charge in [0, 0.05) is 18.2 Å². The zero-order valence-electron chi connectivity index (χ0n) is 9.01. The van der Waals surface area contributed by atoms with E-state index in [4.69, 9.17) is 9.63 Å². The molecule has 0 aliphatic carbocycles. The zero-order chi connectivity index (χ0) is 11.3. The van der Waals surface area contributed by atoms with Gasteiger partial charge in [-0.3, -0.25) is 9.69 Å². The largest absolute Gasteiger partial charge is 0.481 e. The van der Waals surface area contributed by atoms with Crippen molar-refractivity contribution < 1.29 is 14.4 Å². The summed E-state index contributed by atoms with van der Waals surface area (Å²) in [6.45, 7) is 5.39. The summed E-state index contributed by atoms with van der Waals surface area (Å²) in [4.78, 5) is 12.6. The molecule has 84 valence electrons. The molecule has 0 amide bonds. The van der Waals surface area contributed by atoms with Gasteiger partial charge in [0.15, 0.2) is 0 Å². The minimum atomic E-state index is -0.772. The van der Waals surface area contributed by atoms with Crippen LogP contribution in [0.1, 0.15) is 25.8 Å². The van der Waals surface area contributed by atoms with Gasteiger partial charge in [-0.15, -0.1) is 0 Å². The molecule has 1 rings (SSSR count). The third kappa shape index (κ3) is 3.71. The second kappa shape index (κ2) is 5.50. The first-order valence-electron chi connectivity index (χ1n) is 4.97. The monoisotopic (exact) mass is 212 g/mol. The van der Waals surface area contributed by atoms with Gasteiger partial charge in [0.1, 0.15) is 6.26 Å². The number of rotatable bonds is 6. The van der Waals surface area contributed by atoms with Gasteiger partial charge in [-0.25, -0.2) is 0 Å². The average molecular weight is 212 g/mol. The lowest BCUT2D eigenvalue weighted by Crippen LogP contribution is -2.33. The van der Waals surface area contributed by atoms with Crippen LogP contribution in [0.15, 0.2) is 17.0 Å². The van der Waals surface area contributed by atoms with Crippen LogP contribution in [0, 0.1) is 0 Å². The third-order valence-electron chi connectivity index (χ3n) is 2.37. The summed E-state index contributed by atoms with van der Waals surface area (Å²) in [5.41, 5.74) is 0.967. The van der Waals surface area contributed by atoms with Crippen molar-refractivity contribution in [2.24, 2.45) is 0 Å². The van der Waals surface area contributed by atoms with Gasteiger partial charge in [0.25, 0.3) is 0 Å². The fourth-order valence-electron chi connectivity index (χ4n) is 1.50. The maximum absolute atomic E-state index is 10.6. The minimum Gasteiger partial charge on any atom is -0.481 e. The third-order valence-corrected chi connectivity index (χ3v) is 2.37. The Balaban J connectivity index is 2.51. The molecular formula is C10H16N2O3. The number of carboxylic acid groups (broad SMARTS) is 1. The highest BCUT2D eigenvalue weighted by molar-refractivity contribution is 5.67. The quantitative estimate of drug-likeness (QED) is 0.771. The number of carboxylic acids is 1. The Morgan fingerprint density at radius 3 is 2.93 bits per heavy atom. The van der Waals surface area contributed by atoms with E-state index in [0.29, 0.717) is 6.54 Å². The maximum Gasteiger partial charge on any atom is 0.304 e. The van der Waals surface area contributed by atoms with Crippen LogP contribution < -0.4 is 0 Å². The Morgan fingerprint density at radius 2 is 2.47 bits per heavy atom. The van der Waals surface area contributed by atoms with Crippen LogP contribution in [-0.2, 0) is 11.3 Å². The number of hydrogen-bond donors (Lipinski definition) is 1. The second-order valence-corrected chi connectivity index (χ2v) is 3.54. The molecule has 5 nitrogen and oxygen atoms in total. The first kappa shape index (κ1) is 11.7. The van der Waals surface area contributed by atoms with Crippen molar-refractivity contribution >= 4 is 5.97 Å². The average Bonchev–Trinajstić information content (AvgIpc) is 2.65. The Morgan fingerprint density at radius 1 is 1.73 bits per heavy atom. The van der Waals surface area contributed by atoms with Crippen LogP contribution in [0.3, 0.4) is 0 Å². The Labute approximate surface area is 88.7 Å². The van der Waals surface area contributed by atoms with E-state index in [-0.39, 0.29) is 12.5 Å². The van der Waals surface area contributed by atoms with Crippen LogP contribution in [0.25, 0.3) is 0 Å².